The number of carbonyl (C=O) groups is 2. The van der Waals surface area contributed by atoms with Gasteiger partial charge in [-0.1, -0.05) is 12.1 Å². The molecule has 2 saturated heterocycles. The summed E-state index contributed by atoms with van der Waals surface area (Å²) in [4.78, 5) is 28.2. The highest BCUT2D eigenvalue weighted by molar-refractivity contribution is 5.87. The van der Waals surface area contributed by atoms with E-state index in [1.165, 1.54) is 0 Å². The predicted octanol–water partition coefficient (Wildman–Crippen LogP) is 2.81. The molecule has 1 aromatic rings. The fraction of sp³-hybridized carbons (Fsp3) is 0.619. The summed E-state index contributed by atoms with van der Waals surface area (Å²) in [5.41, 5.74) is 1.54. The highest BCUT2D eigenvalue weighted by atomic mass is 19.1. The Balaban J connectivity index is 1.39. The fourth-order valence-corrected chi connectivity index (χ4v) is 4.61. The third-order valence-electron chi connectivity index (χ3n) is 6.56. The molecule has 3 aliphatic rings. The summed E-state index contributed by atoms with van der Waals surface area (Å²) in [6, 6.07) is 4.71. The van der Waals surface area contributed by atoms with Gasteiger partial charge in [0.2, 0.25) is 5.91 Å². The SMILES string of the molecule is Cc1ccc(CN2CCC3(CC2)C[C@H](C(=O)O)N(C(=O)C2CC2)C3)cc1F. The van der Waals surface area contributed by atoms with Crippen molar-refractivity contribution in [1.82, 2.24) is 9.80 Å². The maximum absolute atomic E-state index is 13.8. The van der Waals surface area contributed by atoms with Gasteiger partial charge in [-0.3, -0.25) is 9.69 Å². The maximum Gasteiger partial charge on any atom is 0.326 e. The number of halogens is 1. The van der Waals surface area contributed by atoms with E-state index in [2.05, 4.69) is 4.90 Å². The summed E-state index contributed by atoms with van der Waals surface area (Å²) in [5, 5.41) is 9.60. The standard InChI is InChI=1S/C21H27FN2O3/c1-14-2-3-15(10-17(14)22)12-23-8-6-21(7-9-23)11-18(20(26)27)24(13-21)19(25)16-4-5-16/h2-3,10,16,18H,4-9,11-13H2,1H3,(H,26,27)/t18-/m1/s1. The Morgan fingerprint density at radius 2 is 1.96 bits per heavy atom. The summed E-state index contributed by atoms with van der Waals surface area (Å²) in [5.74, 6) is -0.955. The van der Waals surface area contributed by atoms with Gasteiger partial charge < -0.3 is 10.0 Å². The zero-order chi connectivity index (χ0) is 19.2. The number of carbonyl (C=O) groups excluding carboxylic acids is 1. The molecule has 6 heteroatoms. The number of amides is 1. The van der Waals surface area contributed by atoms with Crippen molar-refractivity contribution in [3.05, 3.63) is 35.1 Å². The van der Waals surface area contributed by atoms with Gasteiger partial charge in [-0.05, 0) is 74.7 Å². The maximum atomic E-state index is 13.8. The largest absolute Gasteiger partial charge is 0.480 e. The van der Waals surface area contributed by atoms with Gasteiger partial charge >= 0.3 is 5.97 Å². The lowest BCUT2D eigenvalue weighted by Gasteiger charge is -2.39. The van der Waals surface area contributed by atoms with E-state index in [-0.39, 0.29) is 23.1 Å². The minimum atomic E-state index is -0.876. The molecular formula is C21H27FN2O3. The lowest BCUT2D eigenvalue weighted by Crippen LogP contribution is -2.43. The molecule has 27 heavy (non-hydrogen) atoms. The number of benzene rings is 1. The number of piperidine rings is 1. The number of aryl methyl sites for hydroxylation is 1. The Morgan fingerprint density at radius 3 is 2.56 bits per heavy atom. The van der Waals surface area contributed by atoms with Gasteiger partial charge in [-0.25, -0.2) is 9.18 Å². The van der Waals surface area contributed by atoms with Gasteiger partial charge in [0.1, 0.15) is 11.9 Å². The van der Waals surface area contributed by atoms with E-state index in [0.29, 0.717) is 25.1 Å². The van der Waals surface area contributed by atoms with Gasteiger partial charge in [-0.15, -0.1) is 0 Å². The molecule has 1 aliphatic carbocycles. The average molecular weight is 374 g/mol. The molecule has 1 spiro atoms. The Labute approximate surface area is 159 Å². The molecule has 1 aromatic carbocycles. The van der Waals surface area contributed by atoms with Crippen molar-refractivity contribution in [2.45, 2.75) is 51.6 Å². The van der Waals surface area contributed by atoms with E-state index < -0.39 is 12.0 Å². The molecule has 1 N–H and O–H groups in total. The van der Waals surface area contributed by atoms with E-state index in [1.807, 2.05) is 12.1 Å². The molecule has 146 valence electrons. The number of likely N-dealkylation sites (tertiary alicyclic amines) is 2. The average Bonchev–Trinajstić information content (AvgIpc) is 3.42. The zero-order valence-corrected chi connectivity index (χ0v) is 15.8. The highest BCUT2D eigenvalue weighted by Gasteiger charge is 2.51. The normalized spacial score (nSPS) is 25.1. The van der Waals surface area contributed by atoms with Crippen LogP contribution in [0.3, 0.4) is 0 Å². The first kappa shape index (κ1) is 18.4. The molecule has 2 aliphatic heterocycles. The first-order valence-corrected chi connectivity index (χ1v) is 9.88. The Kier molecular flexibility index (Phi) is 4.70. The van der Waals surface area contributed by atoms with Crippen molar-refractivity contribution in [1.29, 1.82) is 0 Å². The van der Waals surface area contributed by atoms with Gasteiger partial charge in [0, 0.05) is 19.0 Å². The Hall–Kier alpha value is -1.95. The molecular weight excluding hydrogens is 347 g/mol. The number of aliphatic carboxylic acids is 1. The molecule has 0 aromatic heterocycles. The fourth-order valence-electron chi connectivity index (χ4n) is 4.61. The van der Waals surface area contributed by atoms with Gasteiger partial charge in [0.25, 0.3) is 0 Å². The number of nitrogens with zero attached hydrogens (tertiary/aromatic N) is 2. The summed E-state index contributed by atoms with van der Waals surface area (Å²) >= 11 is 0. The number of rotatable bonds is 4. The Bertz CT molecular complexity index is 754. The number of carboxylic acids is 1. The van der Waals surface area contributed by atoms with Gasteiger partial charge in [0.15, 0.2) is 0 Å². The van der Waals surface area contributed by atoms with Gasteiger partial charge in [0.05, 0.1) is 0 Å². The van der Waals surface area contributed by atoms with Crippen LogP contribution in [0.15, 0.2) is 18.2 Å². The van der Waals surface area contributed by atoms with Crippen LogP contribution in [-0.2, 0) is 16.1 Å². The summed E-state index contributed by atoms with van der Waals surface area (Å²) in [6.07, 6.45) is 4.14. The zero-order valence-electron chi connectivity index (χ0n) is 15.8. The van der Waals surface area contributed by atoms with Crippen molar-refractivity contribution in [2.75, 3.05) is 19.6 Å². The van der Waals surface area contributed by atoms with Crippen LogP contribution in [0.1, 0.15) is 43.2 Å². The van der Waals surface area contributed by atoms with Crippen molar-refractivity contribution >= 4 is 11.9 Å². The third-order valence-corrected chi connectivity index (χ3v) is 6.56. The van der Waals surface area contributed by atoms with Crippen molar-refractivity contribution in [3.8, 4) is 0 Å². The van der Waals surface area contributed by atoms with Crippen molar-refractivity contribution in [2.24, 2.45) is 11.3 Å². The Morgan fingerprint density at radius 1 is 1.26 bits per heavy atom. The second-order valence-corrected chi connectivity index (χ2v) is 8.66. The molecule has 0 unspecified atom stereocenters. The topological polar surface area (TPSA) is 60.9 Å². The van der Waals surface area contributed by atoms with Crippen LogP contribution in [0.2, 0.25) is 0 Å². The molecule has 1 amide bonds. The van der Waals surface area contributed by atoms with Crippen LogP contribution in [0.4, 0.5) is 4.39 Å². The van der Waals surface area contributed by atoms with Crippen LogP contribution in [0.5, 0.6) is 0 Å². The molecule has 0 radical (unpaired) electrons. The third kappa shape index (κ3) is 3.72. The van der Waals surface area contributed by atoms with E-state index in [9.17, 15) is 19.1 Å². The monoisotopic (exact) mass is 374 g/mol. The molecule has 2 heterocycles. The number of hydrogen-bond acceptors (Lipinski definition) is 3. The van der Waals surface area contributed by atoms with E-state index in [1.54, 1.807) is 17.9 Å². The van der Waals surface area contributed by atoms with Crippen LogP contribution in [-0.4, -0.2) is 52.5 Å². The van der Waals surface area contributed by atoms with Crippen LogP contribution in [0, 0.1) is 24.1 Å². The molecule has 0 bridgehead atoms. The van der Waals surface area contributed by atoms with E-state index in [0.717, 1.165) is 44.3 Å². The molecule has 1 atom stereocenters. The van der Waals surface area contributed by atoms with Crippen molar-refractivity contribution < 1.29 is 19.1 Å². The van der Waals surface area contributed by atoms with Crippen LogP contribution >= 0.6 is 0 Å². The summed E-state index contributed by atoms with van der Waals surface area (Å²) in [6.45, 7) is 4.75. The van der Waals surface area contributed by atoms with Crippen molar-refractivity contribution in [3.63, 3.8) is 0 Å². The number of hydrogen-bond donors (Lipinski definition) is 1. The minimum absolute atomic E-state index is 0.0387. The predicted molar refractivity (Wildman–Crippen MR) is 98.6 cm³/mol. The smallest absolute Gasteiger partial charge is 0.326 e. The number of carboxylic acid groups (broad SMARTS) is 1. The lowest BCUT2D eigenvalue weighted by molar-refractivity contribution is -0.148. The summed E-state index contributed by atoms with van der Waals surface area (Å²) in [7, 11) is 0. The van der Waals surface area contributed by atoms with E-state index >= 15 is 0 Å². The van der Waals surface area contributed by atoms with Crippen LogP contribution < -0.4 is 0 Å². The molecule has 3 fully saturated rings. The van der Waals surface area contributed by atoms with E-state index in [4.69, 9.17) is 0 Å². The molecule has 1 saturated carbocycles. The minimum Gasteiger partial charge on any atom is -0.480 e. The first-order valence-electron chi connectivity index (χ1n) is 9.88. The van der Waals surface area contributed by atoms with Gasteiger partial charge in [-0.2, -0.15) is 0 Å². The first-order chi connectivity index (χ1) is 12.9. The highest BCUT2D eigenvalue weighted by Crippen LogP contribution is 2.45. The lowest BCUT2D eigenvalue weighted by atomic mass is 9.76. The van der Waals surface area contributed by atoms with Crippen LogP contribution in [0.25, 0.3) is 0 Å². The summed E-state index contributed by atoms with van der Waals surface area (Å²) < 4.78 is 13.8. The second kappa shape index (κ2) is 6.89. The molecule has 5 nitrogen and oxygen atoms in total. The second-order valence-electron chi connectivity index (χ2n) is 8.66. The molecule has 4 rings (SSSR count). The quantitative estimate of drug-likeness (QED) is 0.880.